The highest BCUT2D eigenvalue weighted by molar-refractivity contribution is 5.37. The Balaban J connectivity index is 1.32. The molecule has 0 aromatic heterocycles. The van der Waals surface area contributed by atoms with Crippen LogP contribution in [-0.4, -0.2) is 42.7 Å². The van der Waals surface area contributed by atoms with E-state index in [4.69, 9.17) is 4.74 Å². The molecule has 3 atom stereocenters. The molecule has 2 fully saturated rings. The molecule has 1 aromatic rings. The monoisotopic (exact) mass is 290 g/mol. The Morgan fingerprint density at radius 1 is 1.24 bits per heavy atom. The van der Waals surface area contributed by atoms with Crippen LogP contribution in [0.3, 0.4) is 0 Å². The van der Waals surface area contributed by atoms with Gasteiger partial charge in [-0.3, -0.25) is 4.90 Å². The normalized spacial score (nSPS) is 31.8. The number of hydrogen-bond acceptors (Lipinski definition) is 3. The number of piperidine rings is 1. The van der Waals surface area contributed by atoms with Gasteiger partial charge in [0.2, 0.25) is 0 Å². The minimum atomic E-state index is -0.167. The predicted octanol–water partition coefficient (Wildman–Crippen LogP) is 2.35. The molecule has 2 saturated heterocycles. The van der Waals surface area contributed by atoms with Crippen LogP contribution in [0.5, 0.6) is 5.75 Å². The van der Waals surface area contributed by atoms with Gasteiger partial charge in [0.1, 0.15) is 17.7 Å². The highest BCUT2D eigenvalue weighted by atomic mass is 19.1. The maximum absolute atomic E-state index is 13.2. The second-order valence-corrected chi connectivity index (χ2v) is 6.60. The van der Waals surface area contributed by atoms with E-state index in [0.29, 0.717) is 6.04 Å². The molecule has 21 heavy (non-hydrogen) atoms. The van der Waals surface area contributed by atoms with Crippen LogP contribution in [0.1, 0.15) is 31.2 Å². The van der Waals surface area contributed by atoms with E-state index < -0.39 is 0 Å². The third kappa shape index (κ3) is 2.67. The van der Waals surface area contributed by atoms with Crippen LogP contribution in [0, 0.1) is 5.82 Å². The van der Waals surface area contributed by atoms with Crippen molar-refractivity contribution in [3.05, 3.63) is 29.6 Å². The number of halogens is 1. The number of nitrogens with one attached hydrogen (secondary N) is 1. The lowest BCUT2D eigenvalue weighted by molar-refractivity contribution is 0.169. The van der Waals surface area contributed by atoms with Crippen LogP contribution in [0.2, 0.25) is 0 Å². The molecule has 0 saturated carbocycles. The summed E-state index contributed by atoms with van der Waals surface area (Å²) in [4.78, 5) is 2.64. The zero-order valence-electron chi connectivity index (χ0n) is 12.4. The number of ether oxygens (including phenoxy) is 1. The fourth-order valence-electron chi connectivity index (χ4n) is 4.17. The van der Waals surface area contributed by atoms with E-state index in [9.17, 15) is 4.39 Å². The van der Waals surface area contributed by atoms with E-state index in [0.717, 1.165) is 30.3 Å². The van der Waals surface area contributed by atoms with Crippen molar-refractivity contribution in [3.8, 4) is 5.75 Å². The summed E-state index contributed by atoms with van der Waals surface area (Å²) in [6, 6.07) is 6.16. The molecule has 0 aliphatic carbocycles. The summed E-state index contributed by atoms with van der Waals surface area (Å²) >= 11 is 0. The second kappa shape index (κ2) is 5.58. The molecule has 0 spiro atoms. The van der Waals surface area contributed by atoms with Crippen molar-refractivity contribution in [2.24, 2.45) is 0 Å². The van der Waals surface area contributed by atoms with Gasteiger partial charge in [-0.25, -0.2) is 4.39 Å². The van der Waals surface area contributed by atoms with Gasteiger partial charge in [0.25, 0.3) is 0 Å². The number of nitrogens with zero attached hydrogens (tertiary/aromatic N) is 1. The minimum Gasteiger partial charge on any atom is -0.488 e. The van der Waals surface area contributed by atoms with Gasteiger partial charge in [-0.1, -0.05) is 6.42 Å². The summed E-state index contributed by atoms with van der Waals surface area (Å²) in [5.41, 5.74) is 1.01. The van der Waals surface area contributed by atoms with Gasteiger partial charge in [-0.2, -0.15) is 0 Å². The number of hydrogen-bond donors (Lipinski definition) is 1. The van der Waals surface area contributed by atoms with Gasteiger partial charge in [-0.05, 0) is 44.0 Å². The van der Waals surface area contributed by atoms with Gasteiger partial charge in [-0.15, -0.1) is 0 Å². The summed E-state index contributed by atoms with van der Waals surface area (Å²) in [5, 5.41) is 3.71. The first-order valence-corrected chi connectivity index (χ1v) is 8.22. The van der Waals surface area contributed by atoms with Crippen LogP contribution in [0.25, 0.3) is 0 Å². The smallest absolute Gasteiger partial charge is 0.123 e. The summed E-state index contributed by atoms with van der Waals surface area (Å²) in [6.07, 6.45) is 6.27. The SMILES string of the molecule is Fc1ccc2c(c1)CC(CNC1CCN3CCCCC13)O2. The molecular formula is C17H23FN2O. The van der Waals surface area contributed by atoms with Crippen LogP contribution in [-0.2, 0) is 6.42 Å². The van der Waals surface area contributed by atoms with Crippen LogP contribution in [0.15, 0.2) is 18.2 Å². The predicted molar refractivity (Wildman–Crippen MR) is 80.1 cm³/mol. The molecule has 114 valence electrons. The average molecular weight is 290 g/mol. The summed E-state index contributed by atoms with van der Waals surface area (Å²) < 4.78 is 19.1. The highest BCUT2D eigenvalue weighted by Gasteiger charge is 2.35. The van der Waals surface area contributed by atoms with Crippen molar-refractivity contribution in [1.82, 2.24) is 10.2 Å². The molecule has 3 unspecified atom stereocenters. The van der Waals surface area contributed by atoms with Crippen molar-refractivity contribution in [3.63, 3.8) is 0 Å². The Labute approximate surface area is 125 Å². The van der Waals surface area contributed by atoms with E-state index in [1.807, 2.05) is 0 Å². The second-order valence-electron chi connectivity index (χ2n) is 6.60. The first-order chi connectivity index (χ1) is 10.3. The summed E-state index contributed by atoms with van der Waals surface area (Å²) in [6.45, 7) is 3.37. The maximum atomic E-state index is 13.2. The van der Waals surface area contributed by atoms with Crippen molar-refractivity contribution in [2.45, 2.75) is 50.3 Å². The zero-order chi connectivity index (χ0) is 14.2. The molecule has 1 aromatic carbocycles. The van der Waals surface area contributed by atoms with Crippen molar-refractivity contribution < 1.29 is 9.13 Å². The third-order valence-corrected chi connectivity index (χ3v) is 5.23. The molecule has 4 heteroatoms. The van der Waals surface area contributed by atoms with E-state index in [1.165, 1.54) is 44.8 Å². The first kappa shape index (κ1) is 13.5. The lowest BCUT2D eigenvalue weighted by Gasteiger charge is -2.33. The lowest BCUT2D eigenvalue weighted by Crippen LogP contribution is -2.47. The fraction of sp³-hybridized carbons (Fsp3) is 0.647. The van der Waals surface area contributed by atoms with E-state index in [2.05, 4.69) is 10.2 Å². The van der Waals surface area contributed by atoms with E-state index >= 15 is 0 Å². The van der Waals surface area contributed by atoms with Crippen LogP contribution in [0.4, 0.5) is 4.39 Å². The number of benzene rings is 1. The summed E-state index contributed by atoms with van der Waals surface area (Å²) in [7, 11) is 0. The van der Waals surface area contributed by atoms with Crippen molar-refractivity contribution in [1.29, 1.82) is 0 Å². The molecule has 3 aliphatic rings. The quantitative estimate of drug-likeness (QED) is 0.925. The Morgan fingerprint density at radius 3 is 3.14 bits per heavy atom. The number of fused-ring (bicyclic) bond motifs is 2. The van der Waals surface area contributed by atoms with Gasteiger partial charge in [0, 0.05) is 37.2 Å². The lowest BCUT2D eigenvalue weighted by atomic mass is 9.99. The van der Waals surface area contributed by atoms with E-state index in [1.54, 1.807) is 12.1 Å². The molecular weight excluding hydrogens is 267 g/mol. The zero-order valence-corrected chi connectivity index (χ0v) is 12.4. The van der Waals surface area contributed by atoms with Crippen LogP contribution < -0.4 is 10.1 Å². The van der Waals surface area contributed by atoms with Gasteiger partial charge in [0.15, 0.2) is 0 Å². The molecule has 0 radical (unpaired) electrons. The van der Waals surface area contributed by atoms with Gasteiger partial charge >= 0.3 is 0 Å². The van der Waals surface area contributed by atoms with Crippen molar-refractivity contribution >= 4 is 0 Å². The number of rotatable bonds is 3. The summed E-state index contributed by atoms with van der Waals surface area (Å²) in [5.74, 6) is 0.688. The maximum Gasteiger partial charge on any atom is 0.123 e. The van der Waals surface area contributed by atoms with Gasteiger partial charge < -0.3 is 10.1 Å². The van der Waals surface area contributed by atoms with E-state index in [-0.39, 0.29) is 11.9 Å². The topological polar surface area (TPSA) is 24.5 Å². The first-order valence-electron chi connectivity index (χ1n) is 8.22. The largest absolute Gasteiger partial charge is 0.488 e. The minimum absolute atomic E-state index is 0.152. The average Bonchev–Trinajstić information content (AvgIpc) is 3.08. The van der Waals surface area contributed by atoms with Gasteiger partial charge in [0.05, 0.1) is 0 Å². The third-order valence-electron chi connectivity index (χ3n) is 5.23. The molecule has 4 rings (SSSR count). The molecule has 3 aliphatic heterocycles. The highest BCUT2D eigenvalue weighted by Crippen LogP contribution is 2.30. The van der Waals surface area contributed by atoms with Crippen LogP contribution >= 0.6 is 0 Å². The Kier molecular flexibility index (Phi) is 3.59. The molecule has 3 heterocycles. The Hall–Kier alpha value is -1.13. The van der Waals surface area contributed by atoms with Crippen molar-refractivity contribution in [2.75, 3.05) is 19.6 Å². The molecule has 1 N–H and O–H groups in total. The molecule has 0 amide bonds. The molecule has 3 nitrogen and oxygen atoms in total. The Bertz CT molecular complexity index is 522. The fourth-order valence-corrected chi connectivity index (χ4v) is 4.17. The standard InChI is InChI=1S/C17H23FN2O/c18-13-4-5-17-12(9-13)10-14(21-17)11-19-15-6-8-20-7-2-1-3-16(15)20/h4-5,9,14-16,19H,1-3,6-8,10-11H2. The molecule has 0 bridgehead atoms. The Morgan fingerprint density at radius 2 is 2.19 bits per heavy atom.